The third kappa shape index (κ3) is 3.63. The molecule has 180 valence electrons. The predicted octanol–water partition coefficient (Wildman–Crippen LogP) is 4.50. The van der Waals surface area contributed by atoms with Gasteiger partial charge >= 0.3 is 0 Å². The van der Waals surface area contributed by atoms with Gasteiger partial charge in [-0.05, 0) is 61.1 Å². The van der Waals surface area contributed by atoms with Gasteiger partial charge in [-0.15, -0.1) is 0 Å². The first-order valence-electron chi connectivity index (χ1n) is 12.5. The second kappa shape index (κ2) is 7.53. The lowest BCUT2D eigenvalue weighted by molar-refractivity contribution is -0.139. The van der Waals surface area contributed by atoms with Crippen LogP contribution in [0.5, 0.6) is 0 Å². The molecule has 3 heterocycles. The lowest BCUT2D eigenvalue weighted by atomic mass is 9.97. The number of aryl methyl sites for hydroxylation is 1. The van der Waals surface area contributed by atoms with Crippen molar-refractivity contribution < 1.29 is 9.18 Å². The van der Waals surface area contributed by atoms with Crippen molar-refractivity contribution in [2.45, 2.75) is 31.2 Å². The van der Waals surface area contributed by atoms with Gasteiger partial charge in [-0.2, -0.15) is 5.10 Å². The van der Waals surface area contributed by atoms with Crippen molar-refractivity contribution in [3.8, 4) is 11.1 Å². The van der Waals surface area contributed by atoms with Crippen molar-refractivity contribution in [2.75, 3.05) is 26.2 Å². The normalized spacial score (nSPS) is 21.1. The summed E-state index contributed by atoms with van der Waals surface area (Å²) >= 11 is 6.20. The van der Waals surface area contributed by atoms with Gasteiger partial charge in [0.1, 0.15) is 11.7 Å². The molecule has 0 atom stereocenters. The van der Waals surface area contributed by atoms with Gasteiger partial charge in [-0.25, -0.2) is 4.39 Å². The molecule has 0 N–H and O–H groups in total. The molecule has 2 aliphatic carbocycles. The monoisotopic (exact) mass is 491 g/mol. The minimum absolute atomic E-state index is 0.0302. The van der Waals surface area contributed by atoms with Crippen molar-refractivity contribution in [1.82, 2.24) is 19.6 Å². The lowest BCUT2D eigenvalue weighted by Gasteiger charge is -2.41. The Bertz CT molecular complexity index is 1400. The molecule has 8 heteroatoms. The van der Waals surface area contributed by atoms with Gasteiger partial charge < -0.3 is 9.80 Å². The van der Waals surface area contributed by atoms with Crippen LogP contribution in [0.3, 0.4) is 0 Å². The highest BCUT2D eigenvalue weighted by molar-refractivity contribution is 6.34. The van der Waals surface area contributed by atoms with Gasteiger partial charge in [0.05, 0.1) is 16.6 Å². The first-order chi connectivity index (χ1) is 16.9. The number of likely N-dealkylation sites (tertiary alicyclic amines) is 1. The van der Waals surface area contributed by atoms with Crippen LogP contribution >= 0.6 is 11.6 Å². The number of aliphatic imine (C=N–C) groups is 1. The molecule has 2 saturated carbocycles. The van der Waals surface area contributed by atoms with Gasteiger partial charge in [-0.1, -0.05) is 23.7 Å². The summed E-state index contributed by atoms with van der Waals surface area (Å²) in [5.74, 6) is 1.54. The van der Waals surface area contributed by atoms with Crippen molar-refractivity contribution in [1.29, 1.82) is 0 Å². The summed E-state index contributed by atoms with van der Waals surface area (Å²) in [6.07, 6.45) is 4.22. The summed E-state index contributed by atoms with van der Waals surface area (Å²) in [6, 6.07) is 11.3. The maximum atomic E-state index is 15.5. The molecule has 6 nitrogen and oxygen atoms in total. The maximum Gasteiger partial charge on any atom is 0.225 e. The fourth-order valence-corrected chi connectivity index (χ4v) is 5.86. The summed E-state index contributed by atoms with van der Waals surface area (Å²) in [4.78, 5) is 21.5. The molecular formula is C27H27ClFN5O. The topological polar surface area (TPSA) is 53.7 Å². The number of halogens is 2. The average molecular weight is 492 g/mol. The van der Waals surface area contributed by atoms with Crippen LogP contribution in [0.15, 0.2) is 41.4 Å². The highest BCUT2D eigenvalue weighted by Crippen LogP contribution is 2.45. The number of carbonyl (C=O) groups excluding carboxylic acids is 1. The summed E-state index contributed by atoms with van der Waals surface area (Å²) in [6.45, 7) is 3.31. The zero-order valence-corrected chi connectivity index (χ0v) is 20.4. The van der Waals surface area contributed by atoms with Crippen molar-refractivity contribution in [3.63, 3.8) is 0 Å². The number of nitrogens with zero attached hydrogens (tertiary/aromatic N) is 5. The average Bonchev–Trinajstić information content (AvgIpc) is 3.73. The van der Waals surface area contributed by atoms with Crippen LogP contribution in [-0.2, 0) is 11.8 Å². The van der Waals surface area contributed by atoms with Crippen LogP contribution < -0.4 is 0 Å². The minimum Gasteiger partial charge on any atom is -0.353 e. The SMILES string of the molecule is Cn1nc(Cl)c2ccc(-c3ccc(C4=NC5(CC5)CN4CC4CN(C(=O)C5CC5)C4)c(F)c3)cc21. The van der Waals surface area contributed by atoms with Gasteiger partial charge in [0.2, 0.25) is 5.91 Å². The quantitative estimate of drug-likeness (QED) is 0.528. The van der Waals surface area contributed by atoms with Gasteiger partial charge in [-0.3, -0.25) is 14.5 Å². The number of hydrogen-bond donors (Lipinski definition) is 0. The molecular weight excluding hydrogens is 465 g/mol. The van der Waals surface area contributed by atoms with E-state index in [-0.39, 0.29) is 17.3 Å². The van der Waals surface area contributed by atoms with Gasteiger partial charge in [0.15, 0.2) is 5.15 Å². The standard InChI is InChI=1S/C27H27ClFN5O/c1-32-23-11-19(5-7-21(23)24(28)31-32)18-4-6-20(22(29)10-18)25-30-27(8-9-27)15-34(25)14-16-12-33(13-16)26(35)17-2-3-17/h4-7,10-11,16-17H,2-3,8-9,12-15H2,1H3. The number of rotatable bonds is 5. The van der Waals surface area contributed by atoms with Gasteiger partial charge in [0, 0.05) is 50.4 Å². The van der Waals surface area contributed by atoms with Crippen molar-refractivity contribution in [3.05, 3.63) is 52.9 Å². The van der Waals surface area contributed by atoms with Gasteiger partial charge in [0.25, 0.3) is 0 Å². The van der Waals surface area contributed by atoms with Crippen LogP contribution in [0.4, 0.5) is 4.39 Å². The number of aromatic nitrogens is 2. The molecule has 35 heavy (non-hydrogen) atoms. The van der Waals surface area contributed by atoms with Crippen LogP contribution in [0, 0.1) is 17.7 Å². The summed E-state index contributed by atoms with van der Waals surface area (Å²) in [5.41, 5.74) is 3.17. The molecule has 1 saturated heterocycles. The number of amidine groups is 1. The van der Waals surface area contributed by atoms with E-state index in [9.17, 15) is 4.79 Å². The van der Waals surface area contributed by atoms with E-state index in [0.717, 1.165) is 79.7 Å². The zero-order chi connectivity index (χ0) is 23.9. The van der Waals surface area contributed by atoms with Crippen molar-refractivity contribution in [2.24, 2.45) is 23.9 Å². The number of carbonyl (C=O) groups is 1. The maximum absolute atomic E-state index is 15.5. The molecule has 1 spiro atoms. The molecule has 0 bridgehead atoms. The summed E-state index contributed by atoms with van der Waals surface area (Å²) < 4.78 is 17.3. The zero-order valence-electron chi connectivity index (χ0n) is 19.7. The Kier molecular flexibility index (Phi) is 4.60. The predicted molar refractivity (Wildman–Crippen MR) is 134 cm³/mol. The highest BCUT2D eigenvalue weighted by atomic mass is 35.5. The molecule has 2 aliphatic heterocycles. The molecule has 0 unspecified atom stereocenters. The first-order valence-corrected chi connectivity index (χ1v) is 12.8. The second-order valence-corrected chi connectivity index (χ2v) is 11.1. The number of fused-ring (bicyclic) bond motifs is 1. The molecule has 1 amide bonds. The summed E-state index contributed by atoms with van der Waals surface area (Å²) in [5, 5.41) is 5.61. The molecule has 1 aromatic heterocycles. The third-order valence-electron chi connectivity index (χ3n) is 7.98. The molecule has 0 radical (unpaired) electrons. The van der Waals surface area contributed by atoms with Crippen LogP contribution in [0.25, 0.3) is 22.0 Å². The third-order valence-corrected chi connectivity index (χ3v) is 8.26. The molecule has 7 rings (SSSR count). The largest absolute Gasteiger partial charge is 0.353 e. The van der Waals surface area contributed by atoms with E-state index in [4.69, 9.17) is 16.6 Å². The molecule has 3 fully saturated rings. The fourth-order valence-electron chi connectivity index (χ4n) is 5.59. The Hall–Kier alpha value is -2.93. The first kappa shape index (κ1) is 21.4. The second-order valence-electron chi connectivity index (χ2n) is 10.8. The Labute approximate surface area is 208 Å². The van der Waals surface area contributed by atoms with E-state index in [2.05, 4.69) is 10.00 Å². The van der Waals surface area contributed by atoms with E-state index in [0.29, 0.717) is 22.5 Å². The Balaban J connectivity index is 1.12. The number of benzene rings is 2. The Morgan fingerprint density at radius 3 is 2.60 bits per heavy atom. The number of amides is 1. The van der Waals surface area contributed by atoms with Crippen LogP contribution in [0.2, 0.25) is 5.15 Å². The van der Waals surface area contributed by atoms with Crippen LogP contribution in [0.1, 0.15) is 31.2 Å². The minimum atomic E-state index is -0.258. The van der Waals surface area contributed by atoms with E-state index >= 15 is 4.39 Å². The fraction of sp³-hybridized carbons (Fsp3) is 0.444. The van der Waals surface area contributed by atoms with E-state index < -0.39 is 0 Å². The van der Waals surface area contributed by atoms with E-state index in [1.165, 1.54) is 0 Å². The van der Waals surface area contributed by atoms with Crippen LogP contribution in [-0.4, -0.2) is 63.0 Å². The molecule has 2 aromatic carbocycles. The smallest absolute Gasteiger partial charge is 0.225 e. The molecule has 3 aromatic rings. The van der Waals surface area contributed by atoms with E-state index in [1.54, 1.807) is 10.7 Å². The van der Waals surface area contributed by atoms with E-state index in [1.807, 2.05) is 42.3 Å². The lowest BCUT2D eigenvalue weighted by Crippen LogP contribution is -2.54. The Morgan fingerprint density at radius 2 is 1.89 bits per heavy atom. The Morgan fingerprint density at radius 1 is 1.14 bits per heavy atom. The van der Waals surface area contributed by atoms with Crippen molar-refractivity contribution >= 4 is 34.2 Å². The highest BCUT2D eigenvalue weighted by Gasteiger charge is 2.50. The number of hydrogen-bond acceptors (Lipinski definition) is 4. The summed E-state index contributed by atoms with van der Waals surface area (Å²) in [7, 11) is 1.85. The molecule has 4 aliphatic rings.